The van der Waals surface area contributed by atoms with Gasteiger partial charge in [-0.25, -0.2) is 9.79 Å². The Hall–Kier alpha value is -1.40. The van der Waals surface area contributed by atoms with E-state index in [-0.39, 0.29) is 5.41 Å². The summed E-state index contributed by atoms with van der Waals surface area (Å²) < 4.78 is 0. The van der Waals surface area contributed by atoms with Gasteiger partial charge in [-0.05, 0) is 25.3 Å². The Bertz CT molecular complexity index is 387. The van der Waals surface area contributed by atoms with Crippen LogP contribution < -0.4 is 0 Å². The predicted molar refractivity (Wildman–Crippen MR) is 55.1 cm³/mol. The Morgan fingerprint density at radius 2 is 2.29 bits per heavy atom. The average Bonchev–Trinajstić information content (AvgIpc) is 2.96. The maximum atomic E-state index is 10.1. The molecule has 2 rings (SSSR count). The zero-order valence-corrected chi connectivity index (χ0v) is 8.29. The molecule has 1 aromatic carbocycles. The summed E-state index contributed by atoms with van der Waals surface area (Å²) in [7, 11) is 0. The first-order chi connectivity index (χ1) is 6.77. The molecule has 2 nitrogen and oxygen atoms in total. The highest BCUT2D eigenvalue weighted by molar-refractivity contribution is 5.38. The molecule has 0 amide bonds. The second-order valence-electron chi connectivity index (χ2n) is 4.06. The second kappa shape index (κ2) is 3.39. The molecule has 0 saturated heterocycles. The third kappa shape index (κ3) is 1.61. The quantitative estimate of drug-likeness (QED) is 0.527. The normalized spacial score (nSPS) is 17.2. The molecule has 0 heterocycles. The van der Waals surface area contributed by atoms with Crippen molar-refractivity contribution in [3.8, 4) is 0 Å². The topological polar surface area (TPSA) is 29.4 Å². The molecule has 72 valence electrons. The molecule has 0 bridgehead atoms. The number of benzene rings is 1. The van der Waals surface area contributed by atoms with Gasteiger partial charge in [-0.2, -0.15) is 0 Å². The molecular formula is C12H13NO. The summed E-state index contributed by atoms with van der Waals surface area (Å²) in [5, 5.41) is 0. The lowest BCUT2D eigenvalue weighted by Crippen LogP contribution is -2.10. The third-order valence-electron chi connectivity index (χ3n) is 2.93. The predicted octanol–water partition coefficient (Wildman–Crippen LogP) is 2.36. The van der Waals surface area contributed by atoms with Crippen molar-refractivity contribution in [3.63, 3.8) is 0 Å². The monoisotopic (exact) mass is 187 g/mol. The van der Waals surface area contributed by atoms with E-state index in [9.17, 15) is 4.79 Å². The number of isocyanates is 1. The number of hydrogen-bond acceptors (Lipinski definition) is 2. The molecule has 0 spiro atoms. The summed E-state index contributed by atoms with van der Waals surface area (Å²) in [5.74, 6) is 0. The maximum Gasteiger partial charge on any atom is 0.234 e. The van der Waals surface area contributed by atoms with Crippen LogP contribution in [0.3, 0.4) is 0 Å². The van der Waals surface area contributed by atoms with Crippen molar-refractivity contribution in [2.24, 2.45) is 4.99 Å². The molecule has 1 saturated carbocycles. The largest absolute Gasteiger partial charge is 0.234 e. The first-order valence-corrected chi connectivity index (χ1v) is 4.88. The minimum atomic E-state index is 0.156. The van der Waals surface area contributed by atoms with Crippen LogP contribution in [0.1, 0.15) is 24.0 Å². The molecule has 0 radical (unpaired) electrons. The van der Waals surface area contributed by atoms with Gasteiger partial charge in [0.05, 0.1) is 6.54 Å². The highest BCUT2D eigenvalue weighted by Crippen LogP contribution is 2.48. The van der Waals surface area contributed by atoms with Crippen LogP contribution in [-0.2, 0) is 10.2 Å². The fraction of sp³-hybridized carbons (Fsp3) is 0.417. The summed E-state index contributed by atoms with van der Waals surface area (Å²) >= 11 is 0. The lowest BCUT2D eigenvalue weighted by Gasteiger charge is -2.12. The number of nitrogens with zero attached hydrogens (tertiary/aromatic N) is 1. The zero-order chi connectivity index (χ0) is 10.0. The number of hydrogen-bond donors (Lipinski definition) is 0. The second-order valence-corrected chi connectivity index (χ2v) is 4.06. The Kier molecular flexibility index (Phi) is 2.22. The van der Waals surface area contributed by atoms with Crippen molar-refractivity contribution in [2.75, 3.05) is 6.54 Å². The fourth-order valence-electron chi connectivity index (χ4n) is 1.85. The smallest absolute Gasteiger partial charge is 0.211 e. The minimum absolute atomic E-state index is 0.156. The zero-order valence-electron chi connectivity index (χ0n) is 8.29. The molecule has 1 fully saturated rings. The molecule has 0 aromatic heterocycles. The van der Waals surface area contributed by atoms with E-state index in [0.29, 0.717) is 6.54 Å². The van der Waals surface area contributed by atoms with E-state index in [2.05, 4.69) is 36.2 Å². The Morgan fingerprint density at radius 3 is 2.86 bits per heavy atom. The molecule has 1 aliphatic rings. The molecule has 0 N–H and O–H groups in total. The Morgan fingerprint density at radius 1 is 1.50 bits per heavy atom. The van der Waals surface area contributed by atoms with Crippen LogP contribution in [-0.4, -0.2) is 12.6 Å². The summed E-state index contributed by atoms with van der Waals surface area (Å²) in [4.78, 5) is 13.8. The first kappa shape index (κ1) is 9.17. The van der Waals surface area contributed by atoms with Crippen LogP contribution in [0.15, 0.2) is 29.3 Å². The molecular weight excluding hydrogens is 174 g/mol. The van der Waals surface area contributed by atoms with E-state index in [4.69, 9.17) is 0 Å². The van der Waals surface area contributed by atoms with Gasteiger partial charge >= 0.3 is 0 Å². The molecule has 0 atom stereocenters. The fourth-order valence-corrected chi connectivity index (χ4v) is 1.85. The Balaban J connectivity index is 2.26. The molecule has 0 unspecified atom stereocenters. The maximum absolute atomic E-state index is 10.1. The highest BCUT2D eigenvalue weighted by atomic mass is 16.1. The van der Waals surface area contributed by atoms with E-state index in [0.717, 1.165) is 12.8 Å². The van der Waals surface area contributed by atoms with Gasteiger partial charge in [-0.1, -0.05) is 29.8 Å². The van der Waals surface area contributed by atoms with Crippen molar-refractivity contribution in [1.29, 1.82) is 0 Å². The average molecular weight is 187 g/mol. The molecule has 0 aliphatic heterocycles. The van der Waals surface area contributed by atoms with Crippen LogP contribution in [0.25, 0.3) is 0 Å². The number of aliphatic imine (C=N–C) groups is 1. The lowest BCUT2D eigenvalue weighted by atomic mass is 9.95. The number of rotatable bonds is 3. The van der Waals surface area contributed by atoms with E-state index in [1.807, 2.05) is 0 Å². The van der Waals surface area contributed by atoms with Crippen LogP contribution >= 0.6 is 0 Å². The van der Waals surface area contributed by atoms with Crippen molar-refractivity contribution in [3.05, 3.63) is 35.4 Å². The van der Waals surface area contributed by atoms with Gasteiger partial charge in [-0.3, -0.25) is 0 Å². The van der Waals surface area contributed by atoms with E-state index in [1.165, 1.54) is 11.1 Å². The van der Waals surface area contributed by atoms with Crippen molar-refractivity contribution in [2.45, 2.75) is 25.2 Å². The van der Waals surface area contributed by atoms with Gasteiger partial charge in [0.2, 0.25) is 6.08 Å². The molecule has 14 heavy (non-hydrogen) atoms. The van der Waals surface area contributed by atoms with E-state index >= 15 is 0 Å². The van der Waals surface area contributed by atoms with Gasteiger partial charge in [-0.15, -0.1) is 0 Å². The first-order valence-electron chi connectivity index (χ1n) is 4.88. The van der Waals surface area contributed by atoms with Crippen molar-refractivity contribution < 1.29 is 4.79 Å². The summed E-state index contributed by atoms with van der Waals surface area (Å²) in [6, 6.07) is 8.46. The van der Waals surface area contributed by atoms with E-state index in [1.54, 1.807) is 6.08 Å². The number of carbonyl (C=O) groups excluding carboxylic acids is 1. The summed E-state index contributed by atoms with van der Waals surface area (Å²) in [6.45, 7) is 2.68. The molecule has 1 aliphatic carbocycles. The summed E-state index contributed by atoms with van der Waals surface area (Å²) in [5.41, 5.74) is 2.74. The van der Waals surface area contributed by atoms with Gasteiger partial charge in [0.15, 0.2) is 0 Å². The van der Waals surface area contributed by atoms with Gasteiger partial charge in [0, 0.05) is 5.41 Å². The lowest BCUT2D eigenvalue weighted by molar-refractivity contribution is 0.559. The third-order valence-corrected chi connectivity index (χ3v) is 2.93. The van der Waals surface area contributed by atoms with Gasteiger partial charge in [0.25, 0.3) is 0 Å². The summed E-state index contributed by atoms with van der Waals surface area (Å²) in [6.07, 6.45) is 3.90. The van der Waals surface area contributed by atoms with Crippen molar-refractivity contribution in [1.82, 2.24) is 0 Å². The number of aryl methyl sites for hydroxylation is 1. The van der Waals surface area contributed by atoms with Crippen LogP contribution in [0.2, 0.25) is 0 Å². The van der Waals surface area contributed by atoms with Crippen molar-refractivity contribution >= 4 is 6.08 Å². The highest BCUT2D eigenvalue weighted by Gasteiger charge is 2.44. The van der Waals surface area contributed by atoms with Crippen LogP contribution in [0, 0.1) is 6.92 Å². The van der Waals surface area contributed by atoms with Gasteiger partial charge in [0.1, 0.15) is 0 Å². The minimum Gasteiger partial charge on any atom is -0.211 e. The van der Waals surface area contributed by atoms with Crippen LogP contribution in [0.5, 0.6) is 0 Å². The Labute approximate surface area is 83.7 Å². The van der Waals surface area contributed by atoms with Gasteiger partial charge < -0.3 is 0 Å². The standard InChI is InChI=1S/C12H13NO/c1-10-3-2-4-11(7-10)12(5-6-12)8-13-9-14/h2-4,7H,5-6,8H2,1H3. The molecule has 1 aromatic rings. The molecule has 2 heteroatoms. The van der Waals surface area contributed by atoms with Crippen LogP contribution in [0.4, 0.5) is 0 Å². The van der Waals surface area contributed by atoms with E-state index < -0.39 is 0 Å². The SMILES string of the molecule is Cc1cccc(C2(CN=C=O)CC2)c1.